The van der Waals surface area contributed by atoms with Crippen LogP contribution in [0.4, 0.5) is 0 Å². The van der Waals surface area contributed by atoms with Gasteiger partial charge in [-0.3, -0.25) is 4.90 Å². The lowest BCUT2D eigenvalue weighted by Crippen LogP contribution is -2.42. The predicted octanol–water partition coefficient (Wildman–Crippen LogP) is 1.10. The molecule has 0 amide bonds. The van der Waals surface area contributed by atoms with Crippen molar-refractivity contribution in [3.05, 3.63) is 0 Å². The minimum Gasteiger partial charge on any atom is -0.395 e. The van der Waals surface area contributed by atoms with Crippen LogP contribution < -0.4 is 5.32 Å². The fraction of sp³-hybridized carbons (Fsp3) is 1.00. The maximum Gasteiger partial charge on any atom is 0.0589 e. The molecule has 2 unspecified atom stereocenters. The Kier molecular flexibility index (Phi) is 8.59. The summed E-state index contributed by atoms with van der Waals surface area (Å²) in [6.07, 6.45) is 6.66. The van der Waals surface area contributed by atoms with Gasteiger partial charge in [0, 0.05) is 32.8 Å². The van der Waals surface area contributed by atoms with E-state index in [9.17, 15) is 0 Å². The molecule has 0 aliphatic heterocycles. The van der Waals surface area contributed by atoms with Crippen molar-refractivity contribution in [3.63, 3.8) is 0 Å². The molecule has 4 heteroatoms. The highest BCUT2D eigenvalue weighted by Crippen LogP contribution is 2.24. The zero-order chi connectivity index (χ0) is 13.2. The van der Waals surface area contributed by atoms with E-state index >= 15 is 0 Å². The number of hydrogen-bond acceptors (Lipinski definition) is 4. The van der Waals surface area contributed by atoms with E-state index in [1.807, 2.05) is 0 Å². The lowest BCUT2D eigenvalue weighted by Gasteiger charge is -2.31. The fourth-order valence-corrected chi connectivity index (χ4v) is 2.97. The van der Waals surface area contributed by atoms with Gasteiger partial charge in [0.15, 0.2) is 0 Å². The van der Waals surface area contributed by atoms with Crippen molar-refractivity contribution in [2.24, 2.45) is 5.92 Å². The molecule has 2 atom stereocenters. The first-order valence-corrected chi connectivity index (χ1v) is 7.31. The van der Waals surface area contributed by atoms with Crippen LogP contribution in [0.1, 0.15) is 32.1 Å². The minimum absolute atomic E-state index is 0.237. The van der Waals surface area contributed by atoms with Gasteiger partial charge >= 0.3 is 0 Å². The molecule has 0 aromatic heterocycles. The summed E-state index contributed by atoms with van der Waals surface area (Å²) in [6.45, 7) is 3.74. The van der Waals surface area contributed by atoms with Crippen LogP contribution in [0.3, 0.4) is 0 Å². The quantitative estimate of drug-likeness (QED) is 0.640. The Hall–Kier alpha value is -0.160. The highest BCUT2D eigenvalue weighted by Gasteiger charge is 2.24. The zero-order valence-electron chi connectivity index (χ0n) is 12.0. The molecule has 0 bridgehead atoms. The Morgan fingerprint density at radius 3 is 2.67 bits per heavy atom. The Bertz CT molecular complexity index is 202. The molecular formula is C14H30N2O2. The molecule has 1 aliphatic rings. The first-order valence-electron chi connectivity index (χ1n) is 7.31. The lowest BCUT2D eigenvalue weighted by molar-refractivity contribution is 0.111. The van der Waals surface area contributed by atoms with Gasteiger partial charge in [-0.1, -0.05) is 19.3 Å². The van der Waals surface area contributed by atoms with Crippen molar-refractivity contribution < 1.29 is 9.84 Å². The number of hydrogen-bond donors (Lipinski definition) is 2. The second-order valence-electron chi connectivity index (χ2n) is 5.31. The molecule has 0 heterocycles. The molecule has 1 saturated carbocycles. The van der Waals surface area contributed by atoms with E-state index in [4.69, 9.17) is 9.84 Å². The van der Waals surface area contributed by atoms with Gasteiger partial charge < -0.3 is 15.2 Å². The fourth-order valence-electron chi connectivity index (χ4n) is 2.97. The van der Waals surface area contributed by atoms with Gasteiger partial charge in [-0.2, -0.15) is 0 Å². The van der Waals surface area contributed by atoms with E-state index in [1.165, 1.54) is 32.1 Å². The van der Waals surface area contributed by atoms with E-state index < -0.39 is 0 Å². The molecule has 0 saturated heterocycles. The molecule has 0 spiro atoms. The van der Waals surface area contributed by atoms with Gasteiger partial charge in [-0.15, -0.1) is 0 Å². The van der Waals surface area contributed by atoms with Crippen LogP contribution in [0.25, 0.3) is 0 Å². The molecular weight excluding hydrogens is 228 g/mol. The Balaban J connectivity index is 2.46. The number of nitrogens with zero attached hydrogens (tertiary/aromatic N) is 1. The molecule has 2 N–H and O–H groups in total. The third-order valence-electron chi connectivity index (χ3n) is 4.05. The summed E-state index contributed by atoms with van der Waals surface area (Å²) in [7, 11) is 3.81. The van der Waals surface area contributed by atoms with Gasteiger partial charge in [-0.05, 0) is 25.8 Å². The van der Waals surface area contributed by atoms with Crippen molar-refractivity contribution in [1.29, 1.82) is 0 Å². The van der Waals surface area contributed by atoms with Gasteiger partial charge in [-0.25, -0.2) is 0 Å². The summed E-state index contributed by atoms with van der Waals surface area (Å²) >= 11 is 0. The summed E-state index contributed by atoms with van der Waals surface area (Å²) < 4.78 is 5.15. The molecule has 1 fully saturated rings. The highest BCUT2D eigenvalue weighted by molar-refractivity contribution is 4.81. The topological polar surface area (TPSA) is 44.7 Å². The molecule has 0 radical (unpaired) electrons. The Morgan fingerprint density at radius 2 is 2.00 bits per heavy atom. The van der Waals surface area contributed by atoms with E-state index in [1.54, 1.807) is 7.11 Å². The second kappa shape index (κ2) is 9.73. The third-order valence-corrected chi connectivity index (χ3v) is 4.05. The van der Waals surface area contributed by atoms with Crippen LogP contribution in [0.15, 0.2) is 0 Å². The average molecular weight is 258 g/mol. The highest BCUT2D eigenvalue weighted by atomic mass is 16.5. The van der Waals surface area contributed by atoms with Crippen LogP contribution in [-0.4, -0.2) is 63.1 Å². The van der Waals surface area contributed by atoms with Crippen molar-refractivity contribution in [1.82, 2.24) is 10.2 Å². The average Bonchev–Trinajstić information content (AvgIpc) is 2.61. The van der Waals surface area contributed by atoms with Crippen molar-refractivity contribution >= 4 is 0 Å². The first-order chi connectivity index (χ1) is 8.81. The summed E-state index contributed by atoms with van der Waals surface area (Å²) in [5.74, 6) is 0.709. The van der Waals surface area contributed by atoms with Gasteiger partial charge in [0.05, 0.1) is 13.2 Å². The molecule has 0 aromatic carbocycles. The number of nitrogens with one attached hydrogen (secondary N) is 1. The normalized spacial score (nSPS) is 25.3. The third kappa shape index (κ3) is 5.65. The van der Waals surface area contributed by atoms with Crippen LogP contribution in [0, 0.1) is 5.92 Å². The summed E-state index contributed by atoms with van der Waals surface area (Å²) in [6, 6.07) is 0.635. The van der Waals surface area contributed by atoms with Gasteiger partial charge in [0.2, 0.25) is 0 Å². The smallest absolute Gasteiger partial charge is 0.0589 e. The van der Waals surface area contributed by atoms with E-state index in [-0.39, 0.29) is 6.61 Å². The van der Waals surface area contributed by atoms with E-state index in [2.05, 4.69) is 17.3 Å². The lowest BCUT2D eigenvalue weighted by atomic mass is 9.94. The van der Waals surface area contributed by atoms with Crippen molar-refractivity contribution in [2.75, 3.05) is 47.0 Å². The SMILES string of the molecule is CNC1CCCCCC1CN(CCO)CCOC. The summed E-state index contributed by atoms with van der Waals surface area (Å²) in [5, 5.41) is 12.6. The van der Waals surface area contributed by atoms with Crippen LogP contribution in [-0.2, 0) is 4.74 Å². The molecule has 0 aromatic rings. The van der Waals surface area contributed by atoms with E-state index in [0.29, 0.717) is 12.0 Å². The number of rotatable bonds is 8. The van der Waals surface area contributed by atoms with Gasteiger partial charge in [0.25, 0.3) is 0 Å². The monoisotopic (exact) mass is 258 g/mol. The molecule has 4 nitrogen and oxygen atoms in total. The Morgan fingerprint density at radius 1 is 1.22 bits per heavy atom. The van der Waals surface area contributed by atoms with Crippen LogP contribution in [0.2, 0.25) is 0 Å². The van der Waals surface area contributed by atoms with Crippen LogP contribution >= 0.6 is 0 Å². The van der Waals surface area contributed by atoms with Crippen molar-refractivity contribution in [2.45, 2.75) is 38.1 Å². The summed E-state index contributed by atoms with van der Waals surface area (Å²) in [5.41, 5.74) is 0. The first kappa shape index (κ1) is 15.9. The van der Waals surface area contributed by atoms with Gasteiger partial charge in [0.1, 0.15) is 0 Å². The second-order valence-corrected chi connectivity index (χ2v) is 5.31. The largest absolute Gasteiger partial charge is 0.395 e. The van der Waals surface area contributed by atoms with Crippen molar-refractivity contribution in [3.8, 4) is 0 Å². The standard InChI is InChI=1S/C14H30N2O2/c1-15-14-7-5-3-4-6-13(14)12-16(8-10-17)9-11-18-2/h13-15,17H,3-12H2,1-2H3. The summed E-state index contributed by atoms with van der Waals surface area (Å²) in [4.78, 5) is 2.34. The number of ether oxygens (including phenoxy) is 1. The number of aliphatic hydroxyl groups excluding tert-OH is 1. The molecule has 1 aliphatic carbocycles. The predicted molar refractivity (Wildman–Crippen MR) is 74.8 cm³/mol. The minimum atomic E-state index is 0.237. The zero-order valence-corrected chi connectivity index (χ0v) is 12.0. The van der Waals surface area contributed by atoms with E-state index in [0.717, 1.165) is 26.2 Å². The maximum absolute atomic E-state index is 9.15. The number of aliphatic hydroxyl groups is 1. The maximum atomic E-state index is 9.15. The number of methoxy groups -OCH3 is 1. The van der Waals surface area contributed by atoms with Crippen LogP contribution in [0.5, 0.6) is 0 Å². The molecule has 18 heavy (non-hydrogen) atoms. The molecule has 108 valence electrons. The Labute approximate surface area is 112 Å². The molecule has 1 rings (SSSR count).